The van der Waals surface area contributed by atoms with E-state index >= 15 is 0 Å². The Balaban J connectivity index is 0.00000144. The fourth-order valence-electron chi connectivity index (χ4n) is 2.01. The fraction of sp³-hybridized carbons (Fsp3) is 0.900. The molecule has 0 heterocycles. The zero-order valence-corrected chi connectivity index (χ0v) is 14.8. The van der Waals surface area contributed by atoms with Crippen LogP contribution < -0.4 is 74.0 Å². The van der Waals surface area contributed by atoms with Gasteiger partial charge in [0, 0.05) is 5.97 Å². The molecule has 0 bridgehead atoms. The molecule has 0 radical (unpaired) electrons. The Kier molecular flexibility index (Phi) is 9.83. The molecular formula is C10H17CsO2. The molecule has 0 N–H and O–H groups in total. The minimum absolute atomic E-state index is 0. The Bertz CT molecular complexity index is 142. The van der Waals surface area contributed by atoms with Gasteiger partial charge in [-0.15, -0.1) is 0 Å². The van der Waals surface area contributed by atoms with Gasteiger partial charge in [-0.05, 0) is 18.8 Å². The molecule has 0 aromatic rings. The fourth-order valence-corrected chi connectivity index (χ4v) is 2.01. The predicted octanol–water partition coefficient (Wildman–Crippen LogP) is -1.51. The van der Waals surface area contributed by atoms with Crippen LogP contribution in [0, 0.1) is 5.92 Å². The molecule has 0 amide bonds. The minimum Gasteiger partial charge on any atom is -0.550 e. The predicted molar refractivity (Wildman–Crippen MR) is 45.4 cm³/mol. The number of hydrogen-bond acceptors (Lipinski definition) is 2. The van der Waals surface area contributed by atoms with E-state index in [1.54, 1.807) is 0 Å². The van der Waals surface area contributed by atoms with Crippen LogP contribution in [0.3, 0.4) is 0 Å². The summed E-state index contributed by atoms with van der Waals surface area (Å²) in [5.74, 6) is -0.0936. The summed E-state index contributed by atoms with van der Waals surface area (Å²) in [6, 6.07) is 0. The van der Waals surface area contributed by atoms with Crippen molar-refractivity contribution in [1.29, 1.82) is 0 Å². The van der Waals surface area contributed by atoms with E-state index in [2.05, 4.69) is 0 Å². The number of carboxylic acids is 1. The normalized spacial score (nSPS) is 17.8. The summed E-state index contributed by atoms with van der Waals surface area (Å²) in [5.41, 5.74) is 0. The molecule has 0 spiro atoms. The van der Waals surface area contributed by atoms with Crippen LogP contribution in [0.25, 0.3) is 0 Å². The van der Waals surface area contributed by atoms with Crippen LogP contribution in [0.4, 0.5) is 0 Å². The van der Waals surface area contributed by atoms with E-state index in [4.69, 9.17) is 0 Å². The molecule has 3 heteroatoms. The van der Waals surface area contributed by atoms with E-state index in [-0.39, 0.29) is 75.3 Å². The van der Waals surface area contributed by atoms with E-state index in [9.17, 15) is 9.90 Å². The minimum atomic E-state index is -0.897. The molecule has 2 nitrogen and oxygen atoms in total. The van der Waals surface area contributed by atoms with Crippen LogP contribution in [0.2, 0.25) is 0 Å². The Morgan fingerprint density at radius 1 is 1.23 bits per heavy atom. The molecule has 1 rings (SSSR count). The Morgan fingerprint density at radius 2 is 1.85 bits per heavy atom. The molecule has 1 fully saturated rings. The number of carbonyl (C=O) groups is 1. The topological polar surface area (TPSA) is 40.1 Å². The summed E-state index contributed by atoms with van der Waals surface area (Å²) in [4.78, 5) is 10.1. The van der Waals surface area contributed by atoms with Crippen molar-refractivity contribution >= 4 is 5.97 Å². The molecule has 1 aliphatic rings. The van der Waals surface area contributed by atoms with Gasteiger partial charge in [-0.25, -0.2) is 0 Å². The van der Waals surface area contributed by atoms with Crippen LogP contribution in [-0.2, 0) is 4.79 Å². The standard InChI is InChI=1S/C10H18O2.Cs/c11-10(12)8-4-7-9-5-2-1-3-6-9;/h9H,1-8H2,(H,11,12);/q;+1/p-1. The van der Waals surface area contributed by atoms with Gasteiger partial charge in [-0.3, -0.25) is 0 Å². The van der Waals surface area contributed by atoms with Crippen LogP contribution in [0.5, 0.6) is 0 Å². The first-order valence-corrected chi connectivity index (χ1v) is 4.99. The van der Waals surface area contributed by atoms with Gasteiger partial charge in [0.15, 0.2) is 0 Å². The molecule has 0 atom stereocenters. The molecule has 0 saturated heterocycles. The van der Waals surface area contributed by atoms with Crippen molar-refractivity contribution in [3.63, 3.8) is 0 Å². The number of aliphatic carboxylic acids is 1. The van der Waals surface area contributed by atoms with Crippen molar-refractivity contribution in [2.75, 3.05) is 0 Å². The van der Waals surface area contributed by atoms with Gasteiger partial charge >= 0.3 is 68.9 Å². The van der Waals surface area contributed by atoms with Crippen molar-refractivity contribution in [1.82, 2.24) is 0 Å². The molecule has 1 aliphatic carbocycles. The van der Waals surface area contributed by atoms with Crippen molar-refractivity contribution in [3.05, 3.63) is 0 Å². The zero-order valence-electron chi connectivity index (χ0n) is 8.55. The van der Waals surface area contributed by atoms with E-state index in [0.29, 0.717) is 0 Å². The maximum Gasteiger partial charge on any atom is 1.00 e. The Labute approximate surface area is 139 Å². The van der Waals surface area contributed by atoms with Gasteiger partial charge in [-0.1, -0.05) is 38.5 Å². The first kappa shape index (κ1) is 14.5. The molecule has 0 aliphatic heterocycles. The summed E-state index contributed by atoms with van der Waals surface area (Å²) >= 11 is 0. The number of carboxylic acid groups (broad SMARTS) is 1. The van der Waals surface area contributed by atoms with Crippen LogP contribution in [0.15, 0.2) is 0 Å². The maximum absolute atomic E-state index is 10.1. The van der Waals surface area contributed by atoms with Crippen molar-refractivity contribution in [2.24, 2.45) is 5.92 Å². The molecular weight excluding hydrogens is 285 g/mol. The zero-order chi connectivity index (χ0) is 8.81. The summed E-state index contributed by atoms with van der Waals surface area (Å²) in [6.45, 7) is 0. The van der Waals surface area contributed by atoms with E-state index in [1.165, 1.54) is 32.1 Å². The van der Waals surface area contributed by atoms with Gasteiger partial charge in [0.25, 0.3) is 0 Å². The molecule has 70 valence electrons. The van der Waals surface area contributed by atoms with Crippen LogP contribution >= 0.6 is 0 Å². The smallest absolute Gasteiger partial charge is 0.550 e. The van der Waals surface area contributed by atoms with Crippen molar-refractivity contribution < 1.29 is 78.8 Å². The third-order valence-electron chi connectivity index (χ3n) is 2.72. The Hall–Kier alpha value is 1.52. The summed E-state index contributed by atoms with van der Waals surface area (Å²) in [7, 11) is 0. The number of carbonyl (C=O) groups excluding carboxylic acids is 1. The largest absolute Gasteiger partial charge is 1.00 e. The summed E-state index contributed by atoms with van der Waals surface area (Å²) in [6.07, 6.45) is 8.83. The van der Waals surface area contributed by atoms with Gasteiger partial charge < -0.3 is 9.90 Å². The van der Waals surface area contributed by atoms with E-state index < -0.39 is 5.97 Å². The van der Waals surface area contributed by atoms with Crippen molar-refractivity contribution in [3.8, 4) is 0 Å². The van der Waals surface area contributed by atoms with Gasteiger partial charge in [0.1, 0.15) is 0 Å². The van der Waals surface area contributed by atoms with E-state index in [0.717, 1.165) is 18.8 Å². The second kappa shape index (κ2) is 8.80. The maximum atomic E-state index is 10.1. The first-order valence-electron chi connectivity index (χ1n) is 4.99. The van der Waals surface area contributed by atoms with Crippen LogP contribution in [0.1, 0.15) is 51.4 Å². The first-order chi connectivity index (χ1) is 5.79. The number of rotatable bonds is 4. The second-order valence-corrected chi connectivity index (χ2v) is 3.77. The molecule has 13 heavy (non-hydrogen) atoms. The third-order valence-corrected chi connectivity index (χ3v) is 2.72. The number of hydrogen-bond donors (Lipinski definition) is 0. The van der Waals surface area contributed by atoms with Gasteiger partial charge in [-0.2, -0.15) is 0 Å². The molecule has 0 unspecified atom stereocenters. The average molecular weight is 302 g/mol. The SMILES string of the molecule is O=C([O-])CCCC1CCCCC1.[Cs+]. The van der Waals surface area contributed by atoms with Crippen molar-refractivity contribution in [2.45, 2.75) is 51.4 Å². The molecule has 0 aromatic heterocycles. The molecule has 0 aromatic carbocycles. The van der Waals surface area contributed by atoms with Gasteiger partial charge in [0.05, 0.1) is 0 Å². The second-order valence-electron chi connectivity index (χ2n) is 3.77. The van der Waals surface area contributed by atoms with Crippen LogP contribution in [-0.4, -0.2) is 5.97 Å². The Morgan fingerprint density at radius 3 is 2.38 bits per heavy atom. The molecule has 1 saturated carbocycles. The monoisotopic (exact) mass is 302 g/mol. The average Bonchev–Trinajstić information content (AvgIpc) is 2.05. The van der Waals surface area contributed by atoms with E-state index in [1.807, 2.05) is 0 Å². The summed E-state index contributed by atoms with van der Waals surface area (Å²) in [5, 5.41) is 10.1. The third kappa shape index (κ3) is 7.45. The quantitative estimate of drug-likeness (QED) is 0.633. The van der Waals surface area contributed by atoms with Gasteiger partial charge in [0.2, 0.25) is 0 Å². The summed E-state index contributed by atoms with van der Waals surface area (Å²) < 4.78 is 0.